The van der Waals surface area contributed by atoms with Crippen molar-refractivity contribution in [2.75, 3.05) is 12.4 Å². The highest BCUT2D eigenvalue weighted by Gasteiger charge is 2.32. The Hall–Kier alpha value is -4.04. The molecule has 8 heteroatoms. The molecule has 0 atom stereocenters. The average molecular weight is 446 g/mol. The van der Waals surface area contributed by atoms with E-state index in [4.69, 9.17) is 17.0 Å². The Morgan fingerprint density at radius 1 is 0.938 bits per heavy atom. The van der Waals surface area contributed by atoms with Gasteiger partial charge in [-0.05, 0) is 54.2 Å². The summed E-state index contributed by atoms with van der Waals surface area (Å²) in [4.78, 5) is 37.8. The fourth-order valence-electron chi connectivity index (χ4n) is 3.24. The number of benzene rings is 3. The van der Waals surface area contributed by atoms with Crippen molar-refractivity contribution in [3.63, 3.8) is 0 Å². The standard InChI is InChI=1S/C24H19N3O4S/c1-27-22(29)19-11-10-17(13-20(19)23(27)30)25-24(32)26-21(28)16-8-5-9-18(12-16)31-14-15-6-3-2-4-7-15/h2-13H,14H2,1H3,(H2,25,26,28,32). The number of fused-ring (bicyclic) bond motifs is 1. The van der Waals surface area contributed by atoms with E-state index >= 15 is 0 Å². The fraction of sp³-hybridized carbons (Fsp3) is 0.0833. The van der Waals surface area contributed by atoms with Crippen LogP contribution in [0.2, 0.25) is 0 Å². The van der Waals surface area contributed by atoms with Gasteiger partial charge in [0.15, 0.2) is 5.11 Å². The molecule has 3 aromatic carbocycles. The molecule has 0 aliphatic carbocycles. The van der Waals surface area contributed by atoms with Gasteiger partial charge in [-0.15, -0.1) is 0 Å². The lowest BCUT2D eigenvalue weighted by atomic mass is 10.1. The van der Waals surface area contributed by atoms with Crippen LogP contribution in [0.1, 0.15) is 36.6 Å². The van der Waals surface area contributed by atoms with Gasteiger partial charge in [0, 0.05) is 18.3 Å². The number of carbonyl (C=O) groups excluding carboxylic acids is 3. The quantitative estimate of drug-likeness (QED) is 0.461. The van der Waals surface area contributed by atoms with Gasteiger partial charge in [-0.1, -0.05) is 36.4 Å². The monoisotopic (exact) mass is 445 g/mol. The molecule has 0 aromatic heterocycles. The number of hydrogen-bond acceptors (Lipinski definition) is 5. The molecule has 0 bridgehead atoms. The molecule has 1 aliphatic heterocycles. The zero-order chi connectivity index (χ0) is 22.7. The number of imide groups is 1. The molecule has 0 radical (unpaired) electrons. The highest BCUT2D eigenvalue weighted by molar-refractivity contribution is 7.80. The molecule has 1 aliphatic rings. The highest BCUT2D eigenvalue weighted by atomic mass is 32.1. The summed E-state index contributed by atoms with van der Waals surface area (Å²) in [6.45, 7) is 0.390. The third-order valence-electron chi connectivity index (χ3n) is 4.92. The summed E-state index contributed by atoms with van der Waals surface area (Å²) in [6.07, 6.45) is 0. The lowest BCUT2D eigenvalue weighted by Crippen LogP contribution is -2.34. The van der Waals surface area contributed by atoms with Gasteiger partial charge < -0.3 is 10.1 Å². The molecule has 0 saturated carbocycles. The van der Waals surface area contributed by atoms with E-state index in [-0.39, 0.29) is 16.9 Å². The maximum absolute atomic E-state index is 12.6. The number of nitrogens with one attached hydrogen (secondary N) is 2. The molecule has 0 fully saturated rings. The van der Waals surface area contributed by atoms with E-state index in [1.165, 1.54) is 13.1 Å². The van der Waals surface area contributed by atoms with Crippen molar-refractivity contribution in [1.82, 2.24) is 10.2 Å². The molecule has 160 valence electrons. The molecule has 0 spiro atoms. The van der Waals surface area contributed by atoms with E-state index in [2.05, 4.69) is 10.6 Å². The van der Waals surface area contributed by atoms with Crippen molar-refractivity contribution in [3.05, 3.63) is 95.1 Å². The Kier molecular flexibility index (Phi) is 5.96. The van der Waals surface area contributed by atoms with Gasteiger partial charge in [0.25, 0.3) is 17.7 Å². The van der Waals surface area contributed by atoms with Gasteiger partial charge in [-0.2, -0.15) is 0 Å². The summed E-state index contributed by atoms with van der Waals surface area (Å²) in [5, 5.41) is 5.54. The summed E-state index contributed by atoms with van der Waals surface area (Å²) in [7, 11) is 1.43. The molecule has 4 rings (SSSR count). The summed E-state index contributed by atoms with van der Waals surface area (Å²) in [6, 6.07) is 21.2. The predicted molar refractivity (Wildman–Crippen MR) is 124 cm³/mol. The number of anilines is 1. The van der Waals surface area contributed by atoms with Crippen LogP contribution in [0.3, 0.4) is 0 Å². The molecule has 0 saturated heterocycles. The third-order valence-corrected chi connectivity index (χ3v) is 5.12. The summed E-state index contributed by atoms with van der Waals surface area (Å²) in [5.74, 6) is -0.566. The topological polar surface area (TPSA) is 87.7 Å². The second-order valence-corrected chi connectivity index (χ2v) is 7.55. The molecule has 3 aromatic rings. The first-order valence-corrected chi connectivity index (χ1v) is 10.2. The van der Waals surface area contributed by atoms with Crippen LogP contribution in [0.25, 0.3) is 0 Å². The molecular formula is C24H19N3O4S. The normalized spacial score (nSPS) is 12.3. The van der Waals surface area contributed by atoms with Crippen LogP contribution in [0.4, 0.5) is 5.69 Å². The van der Waals surface area contributed by atoms with Crippen molar-refractivity contribution in [2.24, 2.45) is 0 Å². The number of nitrogens with zero attached hydrogens (tertiary/aromatic N) is 1. The number of thiocarbonyl (C=S) groups is 1. The van der Waals surface area contributed by atoms with E-state index in [0.29, 0.717) is 34.7 Å². The first-order valence-electron chi connectivity index (χ1n) is 9.78. The number of amides is 3. The van der Waals surface area contributed by atoms with Crippen LogP contribution in [0, 0.1) is 0 Å². The first kappa shape index (κ1) is 21.2. The predicted octanol–water partition coefficient (Wildman–Crippen LogP) is 3.62. The number of carbonyl (C=O) groups is 3. The van der Waals surface area contributed by atoms with Gasteiger partial charge in [-0.25, -0.2) is 0 Å². The van der Waals surface area contributed by atoms with E-state index in [9.17, 15) is 14.4 Å². The smallest absolute Gasteiger partial charge is 0.261 e. The van der Waals surface area contributed by atoms with Crippen molar-refractivity contribution in [2.45, 2.75) is 6.61 Å². The van der Waals surface area contributed by atoms with Gasteiger partial charge in [0.1, 0.15) is 12.4 Å². The highest BCUT2D eigenvalue weighted by Crippen LogP contribution is 2.24. The van der Waals surface area contributed by atoms with E-state index in [1.807, 2.05) is 30.3 Å². The minimum atomic E-state index is -0.403. The lowest BCUT2D eigenvalue weighted by molar-refractivity contribution is 0.0692. The summed E-state index contributed by atoms with van der Waals surface area (Å²) in [5.41, 5.74) is 2.53. The van der Waals surface area contributed by atoms with Gasteiger partial charge in [0.05, 0.1) is 11.1 Å². The van der Waals surface area contributed by atoms with E-state index < -0.39 is 5.91 Å². The Morgan fingerprint density at radius 3 is 2.47 bits per heavy atom. The molecule has 0 unspecified atom stereocenters. The number of rotatable bonds is 5. The Bertz CT molecular complexity index is 1230. The Morgan fingerprint density at radius 2 is 1.69 bits per heavy atom. The van der Waals surface area contributed by atoms with Crippen molar-refractivity contribution in [3.8, 4) is 5.75 Å². The van der Waals surface area contributed by atoms with E-state index in [0.717, 1.165) is 10.5 Å². The average Bonchev–Trinajstić information content (AvgIpc) is 3.02. The van der Waals surface area contributed by atoms with Crippen molar-refractivity contribution < 1.29 is 19.1 Å². The summed E-state index contributed by atoms with van der Waals surface area (Å²) >= 11 is 5.23. The number of hydrogen-bond donors (Lipinski definition) is 2. The van der Waals surface area contributed by atoms with Crippen LogP contribution in [0.5, 0.6) is 5.75 Å². The van der Waals surface area contributed by atoms with Crippen LogP contribution in [-0.4, -0.2) is 34.8 Å². The maximum Gasteiger partial charge on any atom is 0.261 e. The minimum absolute atomic E-state index is 0.0654. The van der Waals surface area contributed by atoms with Gasteiger partial charge in [0.2, 0.25) is 0 Å². The van der Waals surface area contributed by atoms with Crippen molar-refractivity contribution in [1.29, 1.82) is 0 Å². The van der Waals surface area contributed by atoms with E-state index in [1.54, 1.807) is 36.4 Å². The van der Waals surface area contributed by atoms with Crippen molar-refractivity contribution >= 4 is 40.7 Å². The summed E-state index contributed by atoms with van der Waals surface area (Å²) < 4.78 is 5.76. The molecule has 2 N–H and O–H groups in total. The molecule has 32 heavy (non-hydrogen) atoms. The fourth-order valence-corrected chi connectivity index (χ4v) is 3.46. The van der Waals surface area contributed by atoms with Gasteiger partial charge >= 0.3 is 0 Å². The van der Waals surface area contributed by atoms with Crippen LogP contribution in [0.15, 0.2) is 72.8 Å². The number of ether oxygens (including phenoxy) is 1. The molecular weight excluding hydrogens is 426 g/mol. The second kappa shape index (κ2) is 8.99. The van der Waals surface area contributed by atoms with Crippen LogP contribution < -0.4 is 15.4 Å². The third kappa shape index (κ3) is 4.50. The SMILES string of the molecule is CN1C(=O)c2ccc(NC(=S)NC(=O)c3cccc(OCc4ccccc4)c3)cc2C1=O. The largest absolute Gasteiger partial charge is 0.489 e. The van der Waals surface area contributed by atoms with Crippen LogP contribution in [-0.2, 0) is 6.61 Å². The maximum atomic E-state index is 12.6. The zero-order valence-electron chi connectivity index (χ0n) is 17.1. The zero-order valence-corrected chi connectivity index (χ0v) is 17.9. The van der Waals surface area contributed by atoms with Crippen LogP contribution >= 0.6 is 12.2 Å². The Labute approximate surface area is 190 Å². The lowest BCUT2D eigenvalue weighted by Gasteiger charge is -2.11. The second-order valence-electron chi connectivity index (χ2n) is 7.14. The molecule has 7 nitrogen and oxygen atoms in total. The Balaban J connectivity index is 1.38. The van der Waals surface area contributed by atoms with Gasteiger partial charge in [-0.3, -0.25) is 24.6 Å². The molecule has 1 heterocycles. The minimum Gasteiger partial charge on any atom is -0.489 e. The first-order chi connectivity index (χ1) is 15.4. The molecule has 3 amide bonds.